The lowest BCUT2D eigenvalue weighted by Crippen LogP contribution is -2.45. The zero-order valence-corrected chi connectivity index (χ0v) is 15.0. The van der Waals surface area contributed by atoms with Crippen molar-refractivity contribution < 1.29 is 39.9 Å². The number of amides is 1. The lowest BCUT2D eigenvalue weighted by atomic mass is 10.1. The normalized spacial score (nSPS) is 14.6. The molecule has 0 fully saturated rings. The van der Waals surface area contributed by atoms with Crippen LogP contribution in [0.1, 0.15) is 10.4 Å². The monoisotopic (exact) mass is 452 g/mol. The lowest BCUT2D eigenvalue weighted by molar-refractivity contribution is -0.0493. The van der Waals surface area contributed by atoms with E-state index in [2.05, 4.69) is 26.2 Å². The maximum Gasteiger partial charge on any atom is 0.516 e. The van der Waals surface area contributed by atoms with Gasteiger partial charge in [-0.2, -0.15) is 30.4 Å². The van der Waals surface area contributed by atoms with E-state index in [1.165, 1.54) is 12.1 Å². The topological polar surface area (TPSA) is 124 Å². The van der Waals surface area contributed by atoms with Gasteiger partial charge in [0, 0.05) is 7.05 Å². The van der Waals surface area contributed by atoms with E-state index in [0.29, 0.717) is 6.07 Å². The number of hydrazone groups is 1. The van der Waals surface area contributed by atoms with Crippen LogP contribution in [-0.4, -0.2) is 44.5 Å². The molecule has 0 spiro atoms. The Morgan fingerprint density at radius 1 is 1.36 bits per heavy atom. The highest BCUT2D eigenvalue weighted by Gasteiger charge is 2.47. The molecule has 17 heteroatoms. The van der Waals surface area contributed by atoms with E-state index in [-0.39, 0.29) is 5.96 Å². The summed E-state index contributed by atoms with van der Waals surface area (Å²) in [5.74, 6) is -2.13. The maximum absolute atomic E-state index is 12.6. The van der Waals surface area contributed by atoms with Gasteiger partial charge in [-0.1, -0.05) is 11.6 Å². The Kier molecular flexibility index (Phi) is 6.05. The number of carbonyl (C=O) groups excluding carboxylic acids is 1. The number of hydrazine groups is 2. The Labute approximate surface area is 158 Å². The minimum Gasteiger partial charge on any atom is -0.433 e. The molecule has 1 aromatic rings. The number of anilines is 1. The minimum atomic E-state index is -6.05. The third-order valence-electron chi connectivity index (χ3n) is 3.03. The molecule has 1 aromatic carbocycles. The summed E-state index contributed by atoms with van der Waals surface area (Å²) in [7, 11) is -4.61. The van der Waals surface area contributed by atoms with E-state index in [9.17, 15) is 35.2 Å². The van der Waals surface area contributed by atoms with Crippen molar-refractivity contribution in [3.8, 4) is 5.75 Å². The first kappa shape index (κ1) is 21.7. The van der Waals surface area contributed by atoms with Crippen LogP contribution >= 0.6 is 11.6 Å². The number of ether oxygens (including phenoxy) is 1. The van der Waals surface area contributed by atoms with Gasteiger partial charge in [0.05, 0.1) is 10.6 Å². The number of hydrogen-bond donors (Lipinski definition) is 4. The Morgan fingerprint density at radius 3 is 2.50 bits per heavy atom. The number of nitrogens with zero attached hydrogens (tertiary/aromatic N) is 2. The van der Waals surface area contributed by atoms with E-state index < -0.39 is 50.1 Å². The first-order valence-electron chi connectivity index (χ1n) is 6.83. The summed E-state index contributed by atoms with van der Waals surface area (Å²) in [6.45, 7) is -3.51. The van der Waals surface area contributed by atoms with Gasteiger partial charge in [-0.15, -0.1) is 10.6 Å². The summed E-state index contributed by atoms with van der Waals surface area (Å²) < 4.78 is 90.5. The fraction of sp³-hybridized carbons (Fsp3) is 0.273. The van der Waals surface area contributed by atoms with Crippen LogP contribution in [0, 0.1) is 0 Å². The van der Waals surface area contributed by atoms with Crippen molar-refractivity contribution in [3.05, 3.63) is 22.7 Å². The molecule has 2 rings (SSSR count). The highest BCUT2D eigenvalue weighted by molar-refractivity contribution is 7.93. The van der Waals surface area contributed by atoms with Crippen LogP contribution < -0.4 is 25.8 Å². The quantitative estimate of drug-likeness (QED) is 0.494. The van der Waals surface area contributed by atoms with Crippen LogP contribution in [0.4, 0.5) is 27.6 Å². The lowest BCUT2D eigenvalue weighted by Gasteiger charge is -2.18. The van der Waals surface area contributed by atoms with Gasteiger partial charge in [-0.05, 0) is 12.1 Å². The van der Waals surface area contributed by atoms with E-state index in [1.54, 1.807) is 0 Å². The van der Waals surface area contributed by atoms with E-state index in [4.69, 9.17) is 11.6 Å². The molecule has 0 aromatic heterocycles. The summed E-state index contributed by atoms with van der Waals surface area (Å²) in [6.07, 6.45) is 0. The van der Waals surface area contributed by atoms with Crippen LogP contribution in [0.5, 0.6) is 5.75 Å². The van der Waals surface area contributed by atoms with Crippen molar-refractivity contribution in [2.45, 2.75) is 12.1 Å². The first-order chi connectivity index (χ1) is 12.8. The molecular formula is C11H10ClF5N6O4S. The molecule has 10 nitrogen and oxygen atoms in total. The molecule has 0 bridgehead atoms. The van der Waals surface area contributed by atoms with Gasteiger partial charge >= 0.3 is 22.1 Å². The Hall–Kier alpha value is -2.59. The highest BCUT2D eigenvalue weighted by atomic mass is 35.5. The molecule has 0 unspecified atom stereocenters. The number of rotatable bonds is 5. The van der Waals surface area contributed by atoms with Gasteiger partial charge in [0.1, 0.15) is 5.69 Å². The number of sulfonamides is 1. The second-order valence-corrected chi connectivity index (χ2v) is 6.95. The SMILES string of the molecule is CN1NNN=C1NC(=O)c1ccc(OC(F)F)c(NS(=O)(=O)C(F)(F)F)c1Cl. The molecule has 1 aliphatic heterocycles. The van der Waals surface area contributed by atoms with E-state index >= 15 is 0 Å². The number of carbonyl (C=O) groups is 1. The van der Waals surface area contributed by atoms with Gasteiger partial charge in [0.2, 0.25) is 5.96 Å². The third-order valence-corrected chi connectivity index (χ3v) is 4.50. The summed E-state index contributed by atoms with van der Waals surface area (Å²) in [6, 6.07) is 1.50. The largest absolute Gasteiger partial charge is 0.516 e. The second kappa shape index (κ2) is 7.80. The fourth-order valence-corrected chi connectivity index (χ4v) is 2.71. The zero-order valence-electron chi connectivity index (χ0n) is 13.4. The standard InChI is InChI=1S/C11H10ClF5N6O4S/c1-23-10(19-21-22-23)18-8(24)4-2-3-5(27-9(13)14)7(6(4)12)20-28(25,26)11(15,16)17/h2-3,9,20-22H,1H3,(H,18,19,24). The van der Waals surface area contributed by atoms with Gasteiger partial charge in [-0.3, -0.25) is 19.8 Å². The molecule has 0 aliphatic carbocycles. The molecule has 0 atom stereocenters. The minimum absolute atomic E-state index is 0.0774. The number of benzene rings is 1. The zero-order chi connectivity index (χ0) is 21.3. The molecule has 0 radical (unpaired) electrons. The second-order valence-electron chi connectivity index (χ2n) is 4.90. The molecular weight excluding hydrogens is 443 g/mol. The summed E-state index contributed by atoms with van der Waals surface area (Å²) in [5, 5.41) is 6.10. The predicted molar refractivity (Wildman–Crippen MR) is 85.6 cm³/mol. The molecule has 156 valence electrons. The highest BCUT2D eigenvalue weighted by Crippen LogP contribution is 2.39. The average molecular weight is 453 g/mol. The molecule has 1 amide bonds. The maximum atomic E-state index is 12.6. The van der Waals surface area contributed by atoms with Gasteiger partial charge in [-0.25, -0.2) is 5.53 Å². The van der Waals surface area contributed by atoms with Crippen LogP contribution in [0.2, 0.25) is 5.02 Å². The molecule has 1 heterocycles. The molecule has 4 N–H and O–H groups in total. The van der Waals surface area contributed by atoms with Crippen molar-refractivity contribution >= 4 is 39.2 Å². The molecule has 28 heavy (non-hydrogen) atoms. The average Bonchev–Trinajstić information content (AvgIpc) is 2.94. The predicted octanol–water partition coefficient (Wildman–Crippen LogP) is 1.16. The first-order valence-corrected chi connectivity index (χ1v) is 8.69. The molecule has 1 aliphatic rings. The summed E-state index contributed by atoms with van der Waals surface area (Å²) in [4.78, 5) is 12.3. The van der Waals surface area contributed by atoms with E-state index in [1.807, 2.05) is 0 Å². The molecule has 0 saturated carbocycles. The van der Waals surface area contributed by atoms with Crippen molar-refractivity contribution in [1.29, 1.82) is 0 Å². The summed E-state index contributed by atoms with van der Waals surface area (Å²) in [5.41, 5.74) is -2.80. The van der Waals surface area contributed by atoms with Gasteiger partial charge in [0.25, 0.3) is 5.91 Å². The van der Waals surface area contributed by atoms with Gasteiger partial charge in [0.15, 0.2) is 5.75 Å². The van der Waals surface area contributed by atoms with Crippen molar-refractivity contribution in [1.82, 2.24) is 21.4 Å². The fourth-order valence-electron chi connectivity index (χ4n) is 1.78. The number of alkyl halides is 5. The van der Waals surface area contributed by atoms with Crippen LogP contribution in [-0.2, 0) is 10.0 Å². The van der Waals surface area contributed by atoms with Crippen LogP contribution in [0.25, 0.3) is 0 Å². The smallest absolute Gasteiger partial charge is 0.433 e. The van der Waals surface area contributed by atoms with E-state index in [0.717, 1.165) is 10.8 Å². The number of halogens is 6. The Balaban J connectivity index is 2.45. The number of nitrogens with one attached hydrogen (secondary N) is 4. The van der Waals surface area contributed by atoms with Crippen molar-refractivity contribution in [2.75, 3.05) is 11.8 Å². The Bertz CT molecular complexity index is 909. The number of guanidine groups is 1. The van der Waals surface area contributed by atoms with Crippen LogP contribution in [0.15, 0.2) is 17.2 Å². The van der Waals surface area contributed by atoms with Gasteiger partial charge < -0.3 is 4.74 Å². The van der Waals surface area contributed by atoms with Crippen molar-refractivity contribution in [3.63, 3.8) is 0 Å². The van der Waals surface area contributed by atoms with Crippen molar-refractivity contribution in [2.24, 2.45) is 5.10 Å². The summed E-state index contributed by atoms with van der Waals surface area (Å²) >= 11 is 5.81. The Morgan fingerprint density at radius 2 is 2.00 bits per heavy atom. The third kappa shape index (κ3) is 4.63. The number of hydrogen-bond acceptors (Lipinski definition) is 8. The molecule has 0 saturated heterocycles. The van der Waals surface area contributed by atoms with Crippen LogP contribution in [0.3, 0.4) is 0 Å².